The summed E-state index contributed by atoms with van der Waals surface area (Å²) in [6.45, 7) is 4.99. The van der Waals surface area contributed by atoms with Crippen molar-refractivity contribution in [2.45, 2.75) is 13.0 Å². The maximum atomic E-state index is 4.60. The van der Waals surface area contributed by atoms with Gasteiger partial charge in [-0.05, 0) is 19.1 Å². The van der Waals surface area contributed by atoms with Crippen LogP contribution in [0.1, 0.15) is 6.92 Å². The van der Waals surface area contributed by atoms with Gasteiger partial charge in [-0.1, -0.05) is 30.3 Å². The van der Waals surface area contributed by atoms with Gasteiger partial charge in [-0.2, -0.15) is 0 Å². The number of rotatable bonds is 2. The van der Waals surface area contributed by atoms with E-state index in [-0.39, 0.29) is 0 Å². The number of piperazine rings is 1. The maximum absolute atomic E-state index is 4.60. The Morgan fingerprint density at radius 2 is 1.96 bits per heavy atom. The normalized spacial score (nSPS) is 18.3. The lowest BCUT2D eigenvalue weighted by molar-refractivity contribution is 0.482. The van der Waals surface area contributed by atoms with Crippen LogP contribution in [-0.4, -0.2) is 40.9 Å². The van der Waals surface area contributed by atoms with E-state index >= 15 is 0 Å². The van der Waals surface area contributed by atoms with Gasteiger partial charge in [0.05, 0.1) is 0 Å². The van der Waals surface area contributed by atoms with Gasteiger partial charge in [0, 0.05) is 42.8 Å². The Hall–Kier alpha value is -2.53. The molecule has 1 aromatic carbocycles. The third-order valence-corrected chi connectivity index (χ3v) is 4.23. The van der Waals surface area contributed by atoms with E-state index in [1.807, 2.05) is 30.5 Å². The average Bonchev–Trinajstić information content (AvgIpc) is 2.61. The van der Waals surface area contributed by atoms with Gasteiger partial charge >= 0.3 is 0 Å². The van der Waals surface area contributed by atoms with Crippen LogP contribution in [0.2, 0.25) is 0 Å². The monoisotopic (exact) mass is 305 g/mol. The van der Waals surface area contributed by atoms with Crippen LogP contribution < -0.4 is 10.2 Å². The highest BCUT2D eigenvalue weighted by molar-refractivity contribution is 5.97. The highest BCUT2D eigenvalue weighted by atomic mass is 15.3. The van der Waals surface area contributed by atoms with E-state index in [2.05, 4.69) is 50.5 Å². The van der Waals surface area contributed by atoms with Crippen LogP contribution in [0.25, 0.3) is 22.2 Å². The van der Waals surface area contributed by atoms with Gasteiger partial charge in [0.1, 0.15) is 11.2 Å². The van der Waals surface area contributed by atoms with Gasteiger partial charge in [0.2, 0.25) is 0 Å². The van der Waals surface area contributed by atoms with Crippen LogP contribution in [0, 0.1) is 0 Å². The summed E-state index contributed by atoms with van der Waals surface area (Å²) in [6, 6.07) is 14.6. The number of hydrogen-bond acceptors (Lipinski definition) is 5. The van der Waals surface area contributed by atoms with Crippen LogP contribution in [0.15, 0.2) is 48.7 Å². The summed E-state index contributed by atoms with van der Waals surface area (Å²) in [4.78, 5) is 6.88. The number of nitrogens with one attached hydrogen (secondary N) is 1. The molecular formula is C18H19N5. The highest BCUT2D eigenvalue weighted by Gasteiger charge is 2.21. The Kier molecular flexibility index (Phi) is 3.63. The van der Waals surface area contributed by atoms with Crippen molar-refractivity contribution in [1.82, 2.24) is 20.5 Å². The van der Waals surface area contributed by atoms with Crippen LogP contribution in [0.3, 0.4) is 0 Å². The van der Waals surface area contributed by atoms with Crippen molar-refractivity contribution in [3.8, 4) is 11.3 Å². The van der Waals surface area contributed by atoms with Crippen molar-refractivity contribution >= 4 is 16.7 Å². The van der Waals surface area contributed by atoms with Gasteiger partial charge in [-0.15, -0.1) is 10.2 Å². The van der Waals surface area contributed by atoms with Gasteiger partial charge in [0.15, 0.2) is 5.82 Å². The van der Waals surface area contributed by atoms with Crippen molar-refractivity contribution in [2.24, 2.45) is 0 Å². The Bertz CT molecular complexity index is 818. The van der Waals surface area contributed by atoms with E-state index < -0.39 is 0 Å². The fourth-order valence-electron chi connectivity index (χ4n) is 3.12. The quantitative estimate of drug-likeness (QED) is 0.788. The number of anilines is 1. The summed E-state index contributed by atoms with van der Waals surface area (Å²) in [5.74, 6) is 0.883. The van der Waals surface area contributed by atoms with Crippen LogP contribution in [-0.2, 0) is 0 Å². The minimum atomic E-state index is 0.443. The number of benzene rings is 1. The first-order valence-electron chi connectivity index (χ1n) is 7.98. The van der Waals surface area contributed by atoms with E-state index in [9.17, 15) is 0 Å². The third kappa shape index (κ3) is 2.64. The zero-order chi connectivity index (χ0) is 15.6. The van der Waals surface area contributed by atoms with Crippen molar-refractivity contribution in [1.29, 1.82) is 0 Å². The molecule has 3 heterocycles. The van der Waals surface area contributed by atoms with Crippen LogP contribution in [0.4, 0.5) is 5.82 Å². The minimum absolute atomic E-state index is 0.443. The zero-order valence-electron chi connectivity index (χ0n) is 13.1. The molecule has 1 fully saturated rings. The number of nitrogens with zero attached hydrogens (tertiary/aromatic N) is 4. The van der Waals surface area contributed by atoms with Gasteiger partial charge < -0.3 is 10.2 Å². The standard InChI is InChI=1S/C18H19N5/c1-13-12-23(11-10-19-13)18-17-15(8-5-9-20-17)16(21-22-18)14-6-3-2-4-7-14/h2-9,13,19H,10-12H2,1H3/t13-/m0/s1. The summed E-state index contributed by atoms with van der Waals surface area (Å²) in [7, 11) is 0. The lowest BCUT2D eigenvalue weighted by Crippen LogP contribution is -2.49. The predicted octanol–water partition coefficient (Wildman–Crippen LogP) is 2.49. The first-order valence-corrected chi connectivity index (χ1v) is 7.98. The molecule has 1 N–H and O–H groups in total. The lowest BCUT2D eigenvalue weighted by Gasteiger charge is -2.32. The Labute approximate surface area is 135 Å². The molecule has 0 aliphatic carbocycles. The molecule has 1 saturated heterocycles. The first-order chi connectivity index (χ1) is 11.3. The molecular weight excluding hydrogens is 286 g/mol. The number of hydrogen-bond donors (Lipinski definition) is 1. The minimum Gasteiger partial charge on any atom is -0.350 e. The molecule has 0 amide bonds. The molecule has 3 aromatic rings. The average molecular weight is 305 g/mol. The Balaban J connectivity index is 1.86. The van der Waals surface area contributed by atoms with E-state index in [0.717, 1.165) is 47.6 Å². The van der Waals surface area contributed by atoms with Crippen molar-refractivity contribution in [3.05, 3.63) is 48.7 Å². The molecule has 2 aromatic heterocycles. The third-order valence-electron chi connectivity index (χ3n) is 4.23. The number of aromatic nitrogens is 3. The maximum Gasteiger partial charge on any atom is 0.177 e. The molecule has 0 unspecified atom stereocenters. The van der Waals surface area contributed by atoms with E-state index in [4.69, 9.17) is 0 Å². The smallest absolute Gasteiger partial charge is 0.177 e. The van der Waals surface area contributed by atoms with Crippen molar-refractivity contribution in [2.75, 3.05) is 24.5 Å². The second-order valence-electron chi connectivity index (χ2n) is 5.94. The largest absolute Gasteiger partial charge is 0.350 e. The molecule has 0 saturated carbocycles. The summed E-state index contributed by atoms with van der Waals surface area (Å²) >= 11 is 0. The molecule has 4 rings (SSSR count). The molecule has 1 aliphatic heterocycles. The molecule has 5 nitrogen and oxygen atoms in total. The Morgan fingerprint density at radius 1 is 1.09 bits per heavy atom. The van der Waals surface area contributed by atoms with Crippen molar-refractivity contribution in [3.63, 3.8) is 0 Å². The van der Waals surface area contributed by atoms with Crippen molar-refractivity contribution < 1.29 is 0 Å². The zero-order valence-corrected chi connectivity index (χ0v) is 13.1. The molecule has 0 spiro atoms. The SMILES string of the molecule is C[C@H]1CN(c2nnc(-c3ccccc3)c3cccnc23)CCN1. The summed E-state index contributed by atoms with van der Waals surface area (Å²) in [5, 5.41) is 13.6. The van der Waals surface area contributed by atoms with E-state index in [0.29, 0.717) is 6.04 Å². The lowest BCUT2D eigenvalue weighted by atomic mass is 10.1. The highest BCUT2D eigenvalue weighted by Crippen LogP contribution is 2.30. The van der Waals surface area contributed by atoms with Crippen LogP contribution in [0.5, 0.6) is 0 Å². The fraction of sp³-hybridized carbons (Fsp3) is 0.278. The molecule has 116 valence electrons. The van der Waals surface area contributed by atoms with Gasteiger partial charge in [0.25, 0.3) is 0 Å². The second-order valence-corrected chi connectivity index (χ2v) is 5.94. The molecule has 1 atom stereocenters. The van der Waals surface area contributed by atoms with Gasteiger partial charge in [-0.25, -0.2) is 0 Å². The Morgan fingerprint density at radius 3 is 2.78 bits per heavy atom. The second kappa shape index (κ2) is 5.93. The number of fused-ring (bicyclic) bond motifs is 1. The molecule has 5 heteroatoms. The predicted molar refractivity (Wildman–Crippen MR) is 92.4 cm³/mol. The van der Waals surface area contributed by atoms with E-state index in [1.54, 1.807) is 0 Å². The fourth-order valence-corrected chi connectivity index (χ4v) is 3.12. The first kappa shape index (κ1) is 14.1. The molecule has 1 aliphatic rings. The summed E-state index contributed by atoms with van der Waals surface area (Å²) in [5.41, 5.74) is 2.88. The van der Waals surface area contributed by atoms with E-state index in [1.165, 1.54) is 0 Å². The molecule has 0 radical (unpaired) electrons. The topological polar surface area (TPSA) is 53.9 Å². The van der Waals surface area contributed by atoms with Gasteiger partial charge in [-0.3, -0.25) is 4.98 Å². The summed E-state index contributed by atoms with van der Waals surface area (Å²) in [6.07, 6.45) is 1.83. The molecule has 23 heavy (non-hydrogen) atoms. The number of pyridine rings is 1. The molecule has 0 bridgehead atoms. The van der Waals surface area contributed by atoms with Crippen LogP contribution >= 0.6 is 0 Å². The summed E-state index contributed by atoms with van der Waals surface area (Å²) < 4.78 is 0.